The van der Waals surface area contributed by atoms with Crippen molar-refractivity contribution in [1.82, 2.24) is 0 Å². The molecule has 0 aromatic heterocycles. The summed E-state index contributed by atoms with van der Waals surface area (Å²) in [6, 6.07) is 22.9. The van der Waals surface area contributed by atoms with Crippen molar-refractivity contribution in [2.45, 2.75) is 103 Å². The molecule has 0 aliphatic rings. The zero-order valence-electron chi connectivity index (χ0n) is 20.6. The Labute approximate surface area is 194 Å². The molecule has 0 radical (unpaired) electrons. The quantitative estimate of drug-likeness (QED) is 0.160. The Bertz CT molecular complexity index is 589. The summed E-state index contributed by atoms with van der Waals surface area (Å²) >= 11 is 0. The number of unbranched alkanes of at least 4 members (excludes halogenated alkanes) is 10. The van der Waals surface area contributed by atoms with Crippen molar-refractivity contribution < 1.29 is 0 Å². The van der Waals surface area contributed by atoms with Crippen LogP contribution in [0.2, 0.25) is 0 Å². The van der Waals surface area contributed by atoms with Crippen LogP contribution in [0, 0.1) is 0 Å². The van der Waals surface area contributed by atoms with Gasteiger partial charge in [-0.05, 0) is 0 Å². The van der Waals surface area contributed by atoms with E-state index in [0.717, 1.165) is 0 Å². The van der Waals surface area contributed by atoms with Crippen LogP contribution in [0.25, 0.3) is 0 Å². The predicted octanol–water partition coefficient (Wildman–Crippen LogP) is 9.86. The molecule has 0 unspecified atom stereocenters. The molecular formula is C30H49P. The fourth-order valence-electron chi connectivity index (χ4n) is 5.16. The molecule has 0 saturated carbocycles. The van der Waals surface area contributed by atoms with Gasteiger partial charge in [0.15, 0.2) is 0 Å². The molecule has 2 aromatic rings. The second kappa shape index (κ2) is 16.5. The third-order valence-corrected chi connectivity index (χ3v) is 12.1. The van der Waals surface area contributed by atoms with Crippen LogP contribution in [0.5, 0.6) is 0 Å². The molecule has 1 heteroatoms. The molecule has 0 spiro atoms. The standard InChI is InChI=1S/C30H49P/c1-3-5-7-9-11-19-25-31(26-20-12-10-8-6-4-2,27-29-21-15-13-16-22-29)28-30-23-17-14-18-24-30/h13-18,21-24,31H,3-12,19-20,25-28H2,1-2H3. The molecule has 0 aliphatic heterocycles. The Balaban J connectivity index is 2.07. The summed E-state index contributed by atoms with van der Waals surface area (Å²) in [5.74, 6) is 0. The van der Waals surface area contributed by atoms with E-state index in [1.165, 1.54) is 102 Å². The van der Waals surface area contributed by atoms with Gasteiger partial charge >= 0.3 is 195 Å². The Morgan fingerprint density at radius 1 is 0.452 bits per heavy atom. The Hall–Kier alpha value is -1.13. The van der Waals surface area contributed by atoms with Crippen molar-refractivity contribution in [2.24, 2.45) is 0 Å². The van der Waals surface area contributed by atoms with E-state index >= 15 is 0 Å². The molecule has 0 saturated heterocycles. The molecule has 0 atom stereocenters. The normalized spacial score (nSPS) is 12.2. The molecule has 0 amide bonds. The molecule has 0 nitrogen and oxygen atoms in total. The van der Waals surface area contributed by atoms with Gasteiger partial charge in [-0.1, -0.05) is 0 Å². The molecule has 0 N–H and O–H groups in total. The van der Waals surface area contributed by atoms with Crippen LogP contribution in [-0.2, 0) is 12.3 Å². The van der Waals surface area contributed by atoms with Crippen LogP contribution in [0.1, 0.15) is 102 Å². The third-order valence-electron chi connectivity index (χ3n) is 6.97. The van der Waals surface area contributed by atoms with Gasteiger partial charge in [-0.2, -0.15) is 0 Å². The average Bonchev–Trinajstić information content (AvgIpc) is 2.80. The topological polar surface area (TPSA) is 0 Å². The van der Waals surface area contributed by atoms with Gasteiger partial charge in [0.2, 0.25) is 0 Å². The average molecular weight is 441 g/mol. The van der Waals surface area contributed by atoms with E-state index in [0.29, 0.717) is 0 Å². The maximum atomic E-state index is 2.38. The minimum atomic E-state index is -1.41. The van der Waals surface area contributed by atoms with Crippen LogP contribution < -0.4 is 0 Å². The van der Waals surface area contributed by atoms with E-state index in [1.807, 2.05) is 0 Å². The van der Waals surface area contributed by atoms with Gasteiger partial charge in [0.05, 0.1) is 0 Å². The Morgan fingerprint density at radius 3 is 1.19 bits per heavy atom. The van der Waals surface area contributed by atoms with Crippen LogP contribution in [0.3, 0.4) is 0 Å². The summed E-state index contributed by atoms with van der Waals surface area (Å²) in [6.07, 6.45) is 22.8. The summed E-state index contributed by atoms with van der Waals surface area (Å²) in [5.41, 5.74) is 3.17. The Kier molecular flexibility index (Phi) is 13.9. The van der Waals surface area contributed by atoms with Crippen LogP contribution in [0.15, 0.2) is 60.7 Å². The van der Waals surface area contributed by atoms with Crippen molar-refractivity contribution in [2.75, 3.05) is 12.3 Å². The van der Waals surface area contributed by atoms with E-state index in [2.05, 4.69) is 74.5 Å². The summed E-state index contributed by atoms with van der Waals surface area (Å²) in [7, 11) is -1.41. The number of benzene rings is 2. The number of hydrogen-bond donors (Lipinski definition) is 0. The molecule has 0 bridgehead atoms. The van der Waals surface area contributed by atoms with E-state index in [1.54, 1.807) is 11.1 Å². The zero-order chi connectivity index (χ0) is 22.0. The Morgan fingerprint density at radius 2 is 0.806 bits per heavy atom. The van der Waals surface area contributed by atoms with E-state index in [9.17, 15) is 0 Å². The fourth-order valence-corrected chi connectivity index (χ4v) is 10.4. The zero-order valence-corrected chi connectivity index (χ0v) is 21.6. The third kappa shape index (κ3) is 11.3. The SMILES string of the molecule is CCCCCCCC[PH](CCCCCCCC)(Cc1ccccc1)Cc1ccccc1. The van der Waals surface area contributed by atoms with Gasteiger partial charge in [-0.15, -0.1) is 0 Å². The second-order valence-corrected chi connectivity index (χ2v) is 14.6. The summed E-state index contributed by atoms with van der Waals surface area (Å²) < 4.78 is 0. The van der Waals surface area contributed by atoms with Gasteiger partial charge in [0.25, 0.3) is 0 Å². The molecule has 31 heavy (non-hydrogen) atoms. The van der Waals surface area contributed by atoms with Crippen molar-refractivity contribution in [3.8, 4) is 0 Å². The molecule has 0 heterocycles. The first-order valence-electron chi connectivity index (χ1n) is 13.4. The van der Waals surface area contributed by atoms with Crippen molar-refractivity contribution in [3.63, 3.8) is 0 Å². The first-order chi connectivity index (χ1) is 15.3. The molecule has 2 aromatic carbocycles. The molecular weight excluding hydrogens is 391 g/mol. The van der Waals surface area contributed by atoms with E-state index in [-0.39, 0.29) is 0 Å². The van der Waals surface area contributed by atoms with E-state index < -0.39 is 7.26 Å². The van der Waals surface area contributed by atoms with E-state index in [4.69, 9.17) is 0 Å². The van der Waals surface area contributed by atoms with Crippen molar-refractivity contribution >= 4 is 7.26 Å². The molecule has 174 valence electrons. The maximum absolute atomic E-state index is 2.38. The van der Waals surface area contributed by atoms with Crippen molar-refractivity contribution in [3.05, 3.63) is 71.8 Å². The minimum absolute atomic E-state index is 1.35. The van der Waals surface area contributed by atoms with Gasteiger partial charge in [-0.25, -0.2) is 0 Å². The monoisotopic (exact) mass is 440 g/mol. The molecule has 2 rings (SSSR count). The number of rotatable bonds is 18. The summed E-state index contributed by atoms with van der Waals surface area (Å²) in [5, 5.41) is 0. The first-order valence-corrected chi connectivity index (χ1v) is 16.2. The van der Waals surface area contributed by atoms with Gasteiger partial charge in [-0.3, -0.25) is 0 Å². The molecule has 0 fully saturated rings. The summed E-state index contributed by atoms with van der Waals surface area (Å²) in [6.45, 7) is 4.64. The molecule has 0 aliphatic carbocycles. The van der Waals surface area contributed by atoms with Gasteiger partial charge < -0.3 is 0 Å². The summed E-state index contributed by atoms with van der Waals surface area (Å²) in [4.78, 5) is 0. The van der Waals surface area contributed by atoms with Crippen LogP contribution in [-0.4, -0.2) is 12.3 Å². The van der Waals surface area contributed by atoms with Gasteiger partial charge in [0, 0.05) is 0 Å². The predicted molar refractivity (Wildman–Crippen MR) is 145 cm³/mol. The first kappa shape index (κ1) is 26.1. The fraction of sp³-hybridized carbons (Fsp3) is 0.600. The van der Waals surface area contributed by atoms with Crippen molar-refractivity contribution in [1.29, 1.82) is 0 Å². The number of hydrogen-bond acceptors (Lipinski definition) is 0. The van der Waals surface area contributed by atoms with Gasteiger partial charge in [0.1, 0.15) is 0 Å². The second-order valence-electron chi connectivity index (χ2n) is 9.86. The van der Waals surface area contributed by atoms with Crippen LogP contribution in [0.4, 0.5) is 0 Å². The van der Waals surface area contributed by atoms with Crippen LogP contribution >= 0.6 is 7.26 Å².